The third-order valence-electron chi connectivity index (χ3n) is 5.01. The van der Waals surface area contributed by atoms with E-state index >= 15 is 0 Å². The van der Waals surface area contributed by atoms with Crippen molar-refractivity contribution >= 4 is 38.7 Å². The molecule has 8 nitrogen and oxygen atoms in total. The molecule has 9 heteroatoms. The molecule has 0 aliphatic rings. The fraction of sp³-hybridized carbons (Fsp3) is 0.409. The van der Waals surface area contributed by atoms with Gasteiger partial charge in [0.2, 0.25) is 15.9 Å². The van der Waals surface area contributed by atoms with Gasteiger partial charge in [-0.1, -0.05) is 0 Å². The molecule has 0 unspecified atom stereocenters. The van der Waals surface area contributed by atoms with Gasteiger partial charge in [-0.2, -0.15) is 0 Å². The van der Waals surface area contributed by atoms with Gasteiger partial charge in [0.15, 0.2) is 0 Å². The minimum atomic E-state index is -3.22. The molecule has 2 aromatic rings. The number of hydrogen-bond acceptors (Lipinski definition) is 6. The predicted octanol–water partition coefficient (Wildman–Crippen LogP) is 3.39. The molecule has 0 aliphatic carbocycles. The average molecular weight is 449 g/mol. The van der Waals surface area contributed by atoms with Crippen molar-refractivity contribution in [2.24, 2.45) is 0 Å². The van der Waals surface area contributed by atoms with E-state index in [-0.39, 0.29) is 11.7 Å². The van der Waals surface area contributed by atoms with E-state index in [0.717, 1.165) is 29.7 Å². The summed E-state index contributed by atoms with van der Waals surface area (Å²) in [6.45, 7) is 10.6. The van der Waals surface area contributed by atoms with Gasteiger partial charge >= 0.3 is 0 Å². The molecule has 4 N–H and O–H groups in total. The highest BCUT2D eigenvalue weighted by atomic mass is 32.2. The quantitative estimate of drug-likeness (QED) is 0.438. The minimum Gasteiger partial charge on any atom is -0.507 e. The van der Waals surface area contributed by atoms with E-state index in [2.05, 4.69) is 20.3 Å². The number of nitrogens with one attached hydrogen (secondary N) is 3. The molecule has 0 spiro atoms. The maximum Gasteiger partial charge on any atom is 0.221 e. The first-order chi connectivity index (χ1) is 14.4. The van der Waals surface area contributed by atoms with Gasteiger partial charge in [-0.05, 0) is 63.1 Å². The highest BCUT2D eigenvalue weighted by molar-refractivity contribution is 7.88. The lowest BCUT2D eigenvalue weighted by Gasteiger charge is -2.25. The molecule has 0 radical (unpaired) electrons. The van der Waals surface area contributed by atoms with Crippen molar-refractivity contribution in [2.45, 2.75) is 34.6 Å². The number of likely N-dealkylation sites (N-methyl/N-ethyl adjacent to an activating group) is 1. The molecule has 0 atom stereocenters. The maximum absolute atomic E-state index is 11.7. The predicted molar refractivity (Wildman–Crippen MR) is 127 cm³/mol. The van der Waals surface area contributed by atoms with E-state index in [9.17, 15) is 18.3 Å². The van der Waals surface area contributed by atoms with Crippen molar-refractivity contribution < 1.29 is 18.3 Å². The van der Waals surface area contributed by atoms with Gasteiger partial charge in [-0.15, -0.1) is 0 Å². The fourth-order valence-corrected chi connectivity index (χ4v) is 3.84. The van der Waals surface area contributed by atoms with E-state index in [1.54, 1.807) is 13.0 Å². The van der Waals surface area contributed by atoms with Crippen LogP contribution in [0.15, 0.2) is 24.3 Å². The van der Waals surface area contributed by atoms with Crippen LogP contribution in [0.1, 0.15) is 30.5 Å². The summed E-state index contributed by atoms with van der Waals surface area (Å²) >= 11 is 0. The van der Waals surface area contributed by atoms with Crippen molar-refractivity contribution in [1.29, 1.82) is 0 Å². The highest BCUT2D eigenvalue weighted by Gasteiger charge is 2.15. The lowest BCUT2D eigenvalue weighted by Crippen LogP contribution is -2.34. The van der Waals surface area contributed by atoms with E-state index < -0.39 is 10.0 Å². The molecular weight excluding hydrogens is 416 g/mol. The van der Waals surface area contributed by atoms with Crippen molar-refractivity contribution in [1.82, 2.24) is 4.72 Å². The van der Waals surface area contributed by atoms with Gasteiger partial charge in [0.05, 0.1) is 17.6 Å². The second-order valence-corrected chi connectivity index (χ2v) is 9.47. The number of aromatic hydroxyl groups is 1. The molecular formula is C22H32N4O4S. The molecule has 31 heavy (non-hydrogen) atoms. The molecule has 0 fully saturated rings. The minimum absolute atomic E-state index is 0.155. The molecule has 0 aliphatic heterocycles. The van der Waals surface area contributed by atoms with Crippen LogP contribution in [0.3, 0.4) is 0 Å². The summed E-state index contributed by atoms with van der Waals surface area (Å²) in [6.07, 6.45) is 1.15. The number of nitrogens with zero attached hydrogens (tertiary/aromatic N) is 1. The van der Waals surface area contributed by atoms with Crippen LogP contribution < -0.4 is 20.3 Å². The third kappa shape index (κ3) is 6.60. The summed E-state index contributed by atoms with van der Waals surface area (Å²) in [5.74, 6) is -0.0644. The standard InChI is InChI=1S/C22H32N4O4S/c1-7-26(11-10-23-31(6,29)30)18-8-9-19(14(2)12-18)25-20-13-15(3)22(28)16(4)21(20)24-17(5)27/h8-9,12-13,23,25,28H,7,10-11H2,1-6H3,(H,24,27). The fourth-order valence-electron chi connectivity index (χ4n) is 3.37. The average Bonchev–Trinajstić information content (AvgIpc) is 2.67. The van der Waals surface area contributed by atoms with E-state index in [0.29, 0.717) is 35.6 Å². The molecule has 2 aromatic carbocycles. The summed E-state index contributed by atoms with van der Waals surface area (Å²) in [6, 6.07) is 7.75. The highest BCUT2D eigenvalue weighted by Crippen LogP contribution is 2.38. The molecule has 170 valence electrons. The van der Waals surface area contributed by atoms with Crippen molar-refractivity contribution in [3.63, 3.8) is 0 Å². The van der Waals surface area contributed by atoms with Crippen LogP contribution in [-0.2, 0) is 14.8 Å². The lowest BCUT2D eigenvalue weighted by atomic mass is 10.1. The SMILES string of the molecule is CCN(CCNS(C)(=O)=O)c1ccc(Nc2cc(C)c(O)c(C)c2NC(C)=O)c(C)c1. The maximum atomic E-state index is 11.7. The van der Waals surface area contributed by atoms with Crippen LogP contribution in [0.25, 0.3) is 0 Å². The van der Waals surface area contributed by atoms with Gasteiger partial charge < -0.3 is 20.6 Å². The second-order valence-electron chi connectivity index (χ2n) is 7.64. The molecule has 2 rings (SSSR count). The topological polar surface area (TPSA) is 111 Å². The Balaban J connectivity index is 2.29. The zero-order valence-electron chi connectivity index (χ0n) is 19.0. The van der Waals surface area contributed by atoms with Crippen LogP contribution in [0.4, 0.5) is 22.7 Å². The number of aryl methyl sites for hydroxylation is 2. The van der Waals surface area contributed by atoms with Gasteiger partial charge in [-0.25, -0.2) is 13.1 Å². The Kier molecular flexibility index (Phi) is 7.91. The number of phenolic OH excluding ortho intramolecular Hbond substituents is 1. The largest absolute Gasteiger partial charge is 0.507 e. The monoisotopic (exact) mass is 448 g/mol. The van der Waals surface area contributed by atoms with Crippen LogP contribution in [0, 0.1) is 20.8 Å². The van der Waals surface area contributed by atoms with Crippen LogP contribution in [-0.4, -0.2) is 45.3 Å². The molecule has 0 bridgehead atoms. The number of phenols is 1. The molecule has 1 amide bonds. The smallest absolute Gasteiger partial charge is 0.221 e. The third-order valence-corrected chi connectivity index (χ3v) is 5.74. The first-order valence-electron chi connectivity index (χ1n) is 10.1. The normalized spacial score (nSPS) is 11.3. The Hall–Kier alpha value is -2.78. The number of carbonyl (C=O) groups is 1. The number of hydrogen-bond donors (Lipinski definition) is 4. The number of benzene rings is 2. The van der Waals surface area contributed by atoms with Crippen LogP contribution in [0.5, 0.6) is 5.75 Å². The Morgan fingerprint density at radius 2 is 1.77 bits per heavy atom. The zero-order valence-corrected chi connectivity index (χ0v) is 19.8. The number of carbonyl (C=O) groups excluding carboxylic acids is 1. The summed E-state index contributed by atoms with van der Waals surface area (Å²) < 4.78 is 25.1. The van der Waals surface area contributed by atoms with Crippen LogP contribution >= 0.6 is 0 Å². The first-order valence-corrected chi connectivity index (χ1v) is 12.0. The van der Waals surface area contributed by atoms with Gasteiger partial charge in [0.1, 0.15) is 5.75 Å². The Bertz CT molecular complexity index is 1070. The van der Waals surface area contributed by atoms with Crippen molar-refractivity contribution in [3.8, 4) is 5.75 Å². The van der Waals surface area contributed by atoms with Crippen molar-refractivity contribution in [2.75, 3.05) is 41.4 Å². The zero-order chi connectivity index (χ0) is 23.3. The molecule has 0 heterocycles. The number of anilines is 4. The lowest BCUT2D eigenvalue weighted by molar-refractivity contribution is -0.114. The number of amides is 1. The Morgan fingerprint density at radius 1 is 1.10 bits per heavy atom. The summed E-state index contributed by atoms with van der Waals surface area (Å²) in [5.41, 5.74) is 5.39. The second kappa shape index (κ2) is 10.0. The van der Waals surface area contributed by atoms with E-state index in [4.69, 9.17) is 0 Å². The van der Waals surface area contributed by atoms with E-state index in [1.807, 2.05) is 39.0 Å². The molecule has 0 saturated carbocycles. The van der Waals surface area contributed by atoms with Gasteiger partial charge in [0, 0.05) is 43.5 Å². The number of rotatable bonds is 9. The molecule has 0 saturated heterocycles. The Labute approximate surface area is 184 Å². The van der Waals surface area contributed by atoms with Gasteiger partial charge in [0.25, 0.3) is 0 Å². The van der Waals surface area contributed by atoms with Gasteiger partial charge in [-0.3, -0.25) is 4.79 Å². The summed E-state index contributed by atoms with van der Waals surface area (Å²) in [7, 11) is -3.22. The van der Waals surface area contributed by atoms with Crippen LogP contribution in [0.2, 0.25) is 0 Å². The molecule has 0 aromatic heterocycles. The first kappa shape index (κ1) is 24.5. The van der Waals surface area contributed by atoms with E-state index in [1.165, 1.54) is 6.92 Å². The summed E-state index contributed by atoms with van der Waals surface area (Å²) in [4.78, 5) is 13.8. The summed E-state index contributed by atoms with van der Waals surface area (Å²) in [5, 5.41) is 16.4. The Morgan fingerprint density at radius 3 is 2.32 bits per heavy atom. The number of sulfonamides is 1. The van der Waals surface area contributed by atoms with Crippen molar-refractivity contribution in [3.05, 3.63) is 41.0 Å².